The van der Waals surface area contributed by atoms with Crippen LogP contribution in [-0.2, 0) is 17.9 Å². The van der Waals surface area contributed by atoms with Crippen molar-refractivity contribution in [1.82, 2.24) is 9.55 Å². The summed E-state index contributed by atoms with van der Waals surface area (Å²) in [5.74, 6) is 1.01. The van der Waals surface area contributed by atoms with E-state index < -0.39 is 0 Å². The minimum absolute atomic E-state index is 0.644. The molecular formula is C6H7BrN2O. The molecule has 54 valence electrons. The monoisotopic (exact) mass is 202 g/mol. The van der Waals surface area contributed by atoms with E-state index in [1.54, 1.807) is 0 Å². The number of rotatable bonds is 0. The van der Waals surface area contributed by atoms with E-state index >= 15 is 0 Å². The maximum Gasteiger partial charge on any atom is 0.136 e. The molecule has 2 heterocycles. The molecule has 4 heteroatoms. The summed E-state index contributed by atoms with van der Waals surface area (Å²) in [6.45, 7) is 2.37. The number of aromatic nitrogens is 2. The first-order valence-electron chi connectivity index (χ1n) is 3.15. The molecule has 0 saturated heterocycles. The van der Waals surface area contributed by atoms with Gasteiger partial charge in [-0.1, -0.05) is 0 Å². The van der Waals surface area contributed by atoms with Gasteiger partial charge in [0.25, 0.3) is 0 Å². The van der Waals surface area contributed by atoms with Gasteiger partial charge in [0.2, 0.25) is 0 Å². The van der Waals surface area contributed by atoms with Crippen molar-refractivity contribution in [2.24, 2.45) is 0 Å². The van der Waals surface area contributed by atoms with Crippen molar-refractivity contribution < 1.29 is 4.74 Å². The molecule has 1 aliphatic heterocycles. The maximum absolute atomic E-state index is 5.21. The number of hydrogen-bond acceptors (Lipinski definition) is 2. The van der Waals surface area contributed by atoms with Gasteiger partial charge in [-0.2, -0.15) is 0 Å². The molecule has 1 aromatic heterocycles. The normalized spacial score (nSPS) is 16.9. The van der Waals surface area contributed by atoms with Crippen LogP contribution in [0.2, 0.25) is 0 Å². The molecule has 3 nitrogen and oxygen atoms in total. The van der Waals surface area contributed by atoms with Gasteiger partial charge in [-0.05, 0) is 15.9 Å². The van der Waals surface area contributed by atoms with E-state index in [1.165, 1.54) is 0 Å². The highest BCUT2D eigenvalue weighted by molar-refractivity contribution is 9.10. The quantitative estimate of drug-likeness (QED) is 0.632. The molecule has 0 fully saturated rings. The van der Waals surface area contributed by atoms with E-state index in [1.807, 2.05) is 6.20 Å². The molecule has 0 spiro atoms. The zero-order valence-electron chi connectivity index (χ0n) is 5.38. The van der Waals surface area contributed by atoms with Gasteiger partial charge in [-0.15, -0.1) is 0 Å². The first-order valence-corrected chi connectivity index (χ1v) is 3.95. The van der Waals surface area contributed by atoms with Gasteiger partial charge in [-0.25, -0.2) is 4.98 Å². The predicted octanol–water partition coefficient (Wildman–Crippen LogP) is 1.18. The molecule has 0 aliphatic carbocycles. The molecule has 0 bridgehead atoms. The van der Waals surface area contributed by atoms with E-state index in [2.05, 4.69) is 25.5 Å². The lowest BCUT2D eigenvalue weighted by atomic mass is 10.5. The Hall–Kier alpha value is -0.350. The van der Waals surface area contributed by atoms with Crippen molar-refractivity contribution >= 4 is 15.9 Å². The fourth-order valence-corrected chi connectivity index (χ4v) is 1.51. The summed E-state index contributed by atoms with van der Waals surface area (Å²) in [6.07, 6.45) is 1.98. The second-order valence-electron chi connectivity index (χ2n) is 2.23. The fourth-order valence-electron chi connectivity index (χ4n) is 1.05. The van der Waals surface area contributed by atoms with Crippen LogP contribution in [0, 0.1) is 0 Å². The molecule has 10 heavy (non-hydrogen) atoms. The first-order chi connectivity index (χ1) is 4.86. The van der Waals surface area contributed by atoms with Gasteiger partial charge in [0, 0.05) is 12.7 Å². The molecule has 0 radical (unpaired) electrons. The SMILES string of the molecule is Brc1cn2c(n1)COCC2. The summed E-state index contributed by atoms with van der Waals surface area (Å²) in [5, 5.41) is 0. The predicted molar refractivity (Wildman–Crippen MR) is 39.6 cm³/mol. The lowest BCUT2D eigenvalue weighted by Crippen LogP contribution is -2.15. The fraction of sp³-hybridized carbons (Fsp3) is 0.500. The van der Waals surface area contributed by atoms with E-state index in [0.29, 0.717) is 6.61 Å². The van der Waals surface area contributed by atoms with Gasteiger partial charge < -0.3 is 9.30 Å². The third kappa shape index (κ3) is 0.973. The molecule has 2 rings (SSSR count). The molecule has 0 N–H and O–H groups in total. The molecule has 0 atom stereocenters. The zero-order valence-corrected chi connectivity index (χ0v) is 6.97. The lowest BCUT2D eigenvalue weighted by molar-refractivity contribution is 0.0816. The van der Waals surface area contributed by atoms with Gasteiger partial charge in [0.05, 0.1) is 6.61 Å². The second kappa shape index (κ2) is 2.36. The standard InChI is InChI=1S/C6H7BrN2O/c7-5-3-9-1-2-10-4-6(9)8-5/h3H,1-2,4H2. The van der Waals surface area contributed by atoms with Crippen LogP contribution in [0.15, 0.2) is 10.8 Å². The zero-order chi connectivity index (χ0) is 6.97. The molecule has 1 aliphatic rings. The Balaban J connectivity index is 2.41. The Morgan fingerprint density at radius 3 is 3.40 bits per heavy atom. The topological polar surface area (TPSA) is 27.1 Å². The second-order valence-corrected chi connectivity index (χ2v) is 3.04. The van der Waals surface area contributed by atoms with Crippen molar-refractivity contribution in [2.45, 2.75) is 13.2 Å². The van der Waals surface area contributed by atoms with E-state index in [0.717, 1.165) is 23.6 Å². The van der Waals surface area contributed by atoms with Crippen molar-refractivity contribution in [2.75, 3.05) is 6.61 Å². The first kappa shape index (κ1) is 6.37. The van der Waals surface area contributed by atoms with Crippen LogP contribution in [0.1, 0.15) is 5.82 Å². The molecule has 1 aromatic rings. The summed E-state index contributed by atoms with van der Waals surface area (Å²) >= 11 is 3.30. The van der Waals surface area contributed by atoms with Crippen LogP contribution in [-0.4, -0.2) is 16.2 Å². The van der Waals surface area contributed by atoms with E-state index in [-0.39, 0.29) is 0 Å². The van der Waals surface area contributed by atoms with Crippen LogP contribution in [0.3, 0.4) is 0 Å². The highest BCUT2D eigenvalue weighted by atomic mass is 79.9. The Bertz CT molecular complexity index is 222. The minimum Gasteiger partial charge on any atom is -0.372 e. The summed E-state index contributed by atoms with van der Waals surface area (Å²) in [7, 11) is 0. The van der Waals surface area contributed by atoms with Crippen LogP contribution in [0.25, 0.3) is 0 Å². The molecular weight excluding hydrogens is 196 g/mol. The smallest absolute Gasteiger partial charge is 0.136 e. The highest BCUT2D eigenvalue weighted by Gasteiger charge is 2.10. The van der Waals surface area contributed by atoms with Crippen molar-refractivity contribution in [1.29, 1.82) is 0 Å². The summed E-state index contributed by atoms with van der Waals surface area (Å²) < 4.78 is 8.21. The number of imidazole rings is 1. The van der Waals surface area contributed by atoms with E-state index in [4.69, 9.17) is 4.74 Å². The van der Waals surface area contributed by atoms with Crippen molar-refractivity contribution in [3.05, 3.63) is 16.6 Å². The van der Waals surface area contributed by atoms with Crippen molar-refractivity contribution in [3.8, 4) is 0 Å². The van der Waals surface area contributed by atoms with Gasteiger partial charge in [0.1, 0.15) is 17.0 Å². The van der Waals surface area contributed by atoms with Gasteiger partial charge in [0.15, 0.2) is 0 Å². The number of ether oxygens (including phenoxy) is 1. The number of nitrogens with zero attached hydrogens (tertiary/aromatic N) is 2. The third-order valence-corrected chi connectivity index (χ3v) is 1.92. The Morgan fingerprint density at radius 2 is 2.60 bits per heavy atom. The van der Waals surface area contributed by atoms with Crippen LogP contribution in [0.5, 0.6) is 0 Å². The highest BCUT2D eigenvalue weighted by Crippen LogP contribution is 2.13. The van der Waals surface area contributed by atoms with Crippen LogP contribution in [0.4, 0.5) is 0 Å². The number of fused-ring (bicyclic) bond motifs is 1. The Labute approximate surface area is 67.1 Å². The van der Waals surface area contributed by atoms with Crippen molar-refractivity contribution in [3.63, 3.8) is 0 Å². The average molecular weight is 203 g/mol. The molecule has 0 aromatic carbocycles. The molecule has 0 saturated carbocycles. The minimum atomic E-state index is 0.644. The maximum atomic E-state index is 5.21. The van der Waals surface area contributed by atoms with E-state index in [9.17, 15) is 0 Å². The van der Waals surface area contributed by atoms with Crippen LogP contribution >= 0.6 is 15.9 Å². The summed E-state index contributed by atoms with van der Waals surface area (Å²) in [5.41, 5.74) is 0. The third-order valence-electron chi connectivity index (χ3n) is 1.54. The summed E-state index contributed by atoms with van der Waals surface area (Å²) in [6, 6.07) is 0. The number of hydrogen-bond donors (Lipinski definition) is 0. The Morgan fingerprint density at radius 1 is 1.70 bits per heavy atom. The molecule has 0 unspecified atom stereocenters. The molecule has 0 amide bonds. The lowest BCUT2D eigenvalue weighted by Gasteiger charge is -2.12. The largest absolute Gasteiger partial charge is 0.372 e. The Kier molecular flexibility index (Phi) is 1.50. The van der Waals surface area contributed by atoms with Gasteiger partial charge in [-0.3, -0.25) is 0 Å². The number of halogens is 1. The van der Waals surface area contributed by atoms with Gasteiger partial charge >= 0.3 is 0 Å². The average Bonchev–Trinajstić information content (AvgIpc) is 2.27. The summed E-state index contributed by atoms with van der Waals surface area (Å²) in [4.78, 5) is 4.21. The van der Waals surface area contributed by atoms with Crippen LogP contribution < -0.4 is 0 Å².